The minimum absolute atomic E-state index is 0.0360. The number of para-hydroxylation sites is 1. The second-order valence-corrected chi connectivity index (χ2v) is 6.40. The van der Waals surface area contributed by atoms with Crippen LogP contribution in [0.4, 0.5) is 4.79 Å². The minimum Gasteiger partial charge on any atom is -0.464 e. The van der Waals surface area contributed by atoms with E-state index >= 15 is 0 Å². The van der Waals surface area contributed by atoms with Crippen molar-refractivity contribution in [3.05, 3.63) is 48.7 Å². The van der Waals surface area contributed by atoms with Gasteiger partial charge in [-0.2, -0.15) is 0 Å². The number of fused-ring (bicyclic) bond motifs is 1. The molecule has 1 aliphatic heterocycles. The van der Waals surface area contributed by atoms with E-state index in [1.54, 1.807) is 11.0 Å². The van der Waals surface area contributed by atoms with Gasteiger partial charge in [0, 0.05) is 11.9 Å². The molecule has 0 radical (unpaired) electrons. The molecule has 1 unspecified atom stereocenters. The van der Waals surface area contributed by atoms with Crippen LogP contribution in [0.2, 0.25) is 0 Å². The zero-order chi connectivity index (χ0) is 19.4. The molecule has 142 valence electrons. The van der Waals surface area contributed by atoms with Gasteiger partial charge in [0.2, 0.25) is 5.91 Å². The average Bonchev–Trinajstić information content (AvgIpc) is 3.03. The van der Waals surface area contributed by atoms with Gasteiger partial charge in [-0.05, 0) is 30.5 Å². The number of furan rings is 1. The molecule has 9 heteroatoms. The second-order valence-electron chi connectivity index (χ2n) is 6.40. The summed E-state index contributed by atoms with van der Waals surface area (Å²) in [5, 5.41) is 22.5. The number of likely N-dealkylation sites (tertiary alicyclic amines) is 1. The zero-order valence-electron chi connectivity index (χ0n) is 14.7. The summed E-state index contributed by atoms with van der Waals surface area (Å²) in [7, 11) is -1.77. The van der Waals surface area contributed by atoms with Crippen molar-refractivity contribution in [1.82, 2.24) is 10.2 Å². The third-order valence-corrected chi connectivity index (χ3v) is 4.67. The summed E-state index contributed by atoms with van der Waals surface area (Å²) in [6.07, 6.45) is 2.87. The summed E-state index contributed by atoms with van der Waals surface area (Å²) in [6, 6.07) is 7.17. The van der Waals surface area contributed by atoms with E-state index in [4.69, 9.17) is 9.15 Å². The molecule has 3 N–H and O–H groups in total. The van der Waals surface area contributed by atoms with E-state index < -0.39 is 19.2 Å². The molecule has 0 bridgehead atoms. The topological polar surface area (TPSA) is 112 Å². The van der Waals surface area contributed by atoms with E-state index in [-0.39, 0.29) is 25.0 Å². The van der Waals surface area contributed by atoms with Gasteiger partial charge in [0.15, 0.2) is 0 Å². The summed E-state index contributed by atoms with van der Waals surface area (Å²) in [5.74, 6) is -1.17. The summed E-state index contributed by atoms with van der Waals surface area (Å²) < 4.78 is 10.6. The normalized spacial score (nSPS) is 17.1. The van der Waals surface area contributed by atoms with Crippen LogP contribution in [0.1, 0.15) is 12.0 Å². The quantitative estimate of drug-likeness (QED) is 0.491. The molecule has 1 saturated heterocycles. The molecule has 0 saturated carbocycles. The van der Waals surface area contributed by atoms with Crippen molar-refractivity contribution in [1.29, 1.82) is 0 Å². The third kappa shape index (κ3) is 4.32. The van der Waals surface area contributed by atoms with Gasteiger partial charge in [0.05, 0.1) is 18.2 Å². The Kier molecular flexibility index (Phi) is 5.83. The molecule has 27 heavy (non-hydrogen) atoms. The van der Waals surface area contributed by atoms with Crippen molar-refractivity contribution in [3.8, 4) is 0 Å². The fourth-order valence-corrected chi connectivity index (χ4v) is 3.05. The Morgan fingerprint density at radius 1 is 1.44 bits per heavy atom. The first-order valence-corrected chi connectivity index (χ1v) is 8.67. The highest BCUT2D eigenvalue weighted by Gasteiger charge is 2.33. The van der Waals surface area contributed by atoms with E-state index in [1.807, 2.05) is 18.2 Å². The van der Waals surface area contributed by atoms with Gasteiger partial charge in [-0.15, -0.1) is 0 Å². The second kappa shape index (κ2) is 8.28. The Labute approximate surface area is 156 Å². The zero-order valence-corrected chi connectivity index (χ0v) is 14.7. The van der Waals surface area contributed by atoms with Gasteiger partial charge in [-0.3, -0.25) is 4.79 Å². The molecule has 3 rings (SSSR count). The molecule has 8 nitrogen and oxygen atoms in total. The Hall–Kier alpha value is -2.78. The van der Waals surface area contributed by atoms with Gasteiger partial charge >= 0.3 is 13.2 Å². The largest absolute Gasteiger partial charge is 0.475 e. The number of benzene rings is 1. The summed E-state index contributed by atoms with van der Waals surface area (Å²) >= 11 is 0. The lowest BCUT2D eigenvalue weighted by atomic mass is 9.76. The van der Waals surface area contributed by atoms with Crippen LogP contribution in [0.25, 0.3) is 11.0 Å². The summed E-state index contributed by atoms with van der Waals surface area (Å²) in [5.41, 5.74) is 1.42. The van der Waals surface area contributed by atoms with E-state index in [1.165, 1.54) is 12.3 Å². The molecule has 1 aromatic carbocycles. The molecule has 1 fully saturated rings. The summed E-state index contributed by atoms with van der Waals surface area (Å²) in [4.78, 5) is 25.2. The number of nitrogens with zero attached hydrogens (tertiary/aromatic N) is 1. The number of rotatable bonds is 7. The fourth-order valence-electron chi connectivity index (χ4n) is 3.05. The molecular weight excluding hydrogens is 351 g/mol. The van der Waals surface area contributed by atoms with Crippen LogP contribution >= 0.6 is 0 Å². The number of hydrogen-bond donors (Lipinski definition) is 3. The van der Waals surface area contributed by atoms with Crippen LogP contribution in [0.3, 0.4) is 0 Å². The van der Waals surface area contributed by atoms with Crippen LogP contribution in [-0.4, -0.2) is 59.2 Å². The van der Waals surface area contributed by atoms with Gasteiger partial charge in [-0.25, -0.2) is 4.79 Å². The molecule has 1 aliphatic rings. The monoisotopic (exact) mass is 372 g/mol. The van der Waals surface area contributed by atoms with Crippen LogP contribution in [0.15, 0.2) is 47.6 Å². The van der Waals surface area contributed by atoms with Gasteiger partial charge in [-0.1, -0.05) is 24.8 Å². The van der Waals surface area contributed by atoms with Crippen molar-refractivity contribution >= 4 is 30.1 Å². The number of ether oxygens (including phenoxy) is 1. The molecule has 2 heterocycles. The van der Waals surface area contributed by atoms with Crippen molar-refractivity contribution in [2.24, 2.45) is 0 Å². The molecule has 2 amide bonds. The predicted octanol–water partition coefficient (Wildman–Crippen LogP) is 0.869. The molecular formula is C18H21BN2O6. The standard InChI is InChI=1S/C18H21BN2O6/c1-2-17(22)21-8-7-13(21)11-27-18(23)20-16(19(24)25)9-12-10-26-15-6-4-3-5-14(12)15/h2-6,10,13,16,24-25H,1,7-9,11H2,(H,20,23)/t13-,16?/m1/s1. The van der Waals surface area contributed by atoms with Crippen LogP contribution < -0.4 is 5.32 Å². The Morgan fingerprint density at radius 2 is 2.22 bits per heavy atom. The maximum atomic E-state index is 12.0. The van der Waals surface area contributed by atoms with Crippen LogP contribution in [0, 0.1) is 0 Å². The van der Waals surface area contributed by atoms with Crippen molar-refractivity contribution in [3.63, 3.8) is 0 Å². The third-order valence-electron chi connectivity index (χ3n) is 4.67. The first kappa shape index (κ1) is 19.0. The number of carbonyl (C=O) groups excluding carboxylic acids is 2. The van der Waals surface area contributed by atoms with Crippen molar-refractivity contribution < 1.29 is 28.8 Å². The average molecular weight is 372 g/mol. The Bertz CT molecular complexity index is 836. The van der Waals surface area contributed by atoms with Gasteiger partial charge in [0.1, 0.15) is 12.2 Å². The maximum Gasteiger partial charge on any atom is 0.475 e. The molecule has 2 aromatic rings. The number of nitrogens with one attached hydrogen (secondary N) is 1. The van der Waals surface area contributed by atoms with Gasteiger partial charge < -0.3 is 29.4 Å². The predicted molar refractivity (Wildman–Crippen MR) is 98.7 cm³/mol. The molecule has 1 aromatic heterocycles. The number of hydrogen-bond acceptors (Lipinski definition) is 6. The lowest BCUT2D eigenvalue weighted by Crippen LogP contribution is -2.54. The van der Waals surface area contributed by atoms with Gasteiger partial charge in [0.25, 0.3) is 0 Å². The highest BCUT2D eigenvalue weighted by Crippen LogP contribution is 2.22. The summed E-state index contributed by atoms with van der Waals surface area (Å²) in [6.45, 7) is 4.07. The van der Waals surface area contributed by atoms with Crippen molar-refractivity contribution in [2.45, 2.75) is 24.8 Å². The first-order valence-electron chi connectivity index (χ1n) is 8.67. The molecule has 0 spiro atoms. The highest BCUT2D eigenvalue weighted by molar-refractivity contribution is 6.43. The maximum absolute atomic E-state index is 12.0. The van der Waals surface area contributed by atoms with E-state index in [0.717, 1.165) is 17.4 Å². The molecule has 0 aliphatic carbocycles. The number of amides is 2. The van der Waals surface area contributed by atoms with Crippen molar-refractivity contribution in [2.75, 3.05) is 13.2 Å². The Morgan fingerprint density at radius 3 is 2.89 bits per heavy atom. The first-order chi connectivity index (χ1) is 13.0. The minimum atomic E-state index is -1.77. The highest BCUT2D eigenvalue weighted by atomic mass is 16.5. The van der Waals surface area contributed by atoms with E-state index in [9.17, 15) is 19.6 Å². The fraction of sp³-hybridized carbons (Fsp3) is 0.333. The molecule has 2 atom stereocenters. The van der Waals surface area contributed by atoms with E-state index in [0.29, 0.717) is 12.1 Å². The SMILES string of the molecule is C=CC(=O)N1CC[C@@H]1COC(=O)NC(Cc1coc2ccccc12)B(O)O. The van der Waals surface area contributed by atoms with Crippen LogP contribution in [0.5, 0.6) is 0 Å². The smallest absolute Gasteiger partial charge is 0.464 e. The number of carbonyl (C=O) groups is 2. The van der Waals surface area contributed by atoms with Crippen LogP contribution in [-0.2, 0) is 16.0 Å². The Balaban J connectivity index is 1.55. The lowest BCUT2D eigenvalue weighted by molar-refractivity contribution is -0.134. The van der Waals surface area contributed by atoms with E-state index in [2.05, 4.69) is 11.9 Å². The number of alkyl carbamates (subject to hydrolysis) is 1. The lowest BCUT2D eigenvalue weighted by Gasteiger charge is -2.39.